The highest BCUT2D eigenvalue weighted by Crippen LogP contribution is 2.31. The predicted molar refractivity (Wildman–Crippen MR) is 96.3 cm³/mol. The van der Waals surface area contributed by atoms with Crippen LogP contribution in [-0.4, -0.2) is 17.6 Å². The highest BCUT2D eigenvalue weighted by atomic mass is 16.5. The molecule has 0 aliphatic carbocycles. The lowest BCUT2D eigenvalue weighted by Crippen LogP contribution is -2.20. The molecule has 0 spiro atoms. The molecule has 0 fully saturated rings. The second kappa shape index (κ2) is 6.79. The molecule has 0 saturated carbocycles. The minimum Gasteiger partial charge on any atom is -0.497 e. The molecule has 0 aliphatic heterocycles. The Morgan fingerprint density at radius 1 is 1.17 bits per heavy atom. The zero-order chi connectivity index (χ0) is 17.1. The van der Waals surface area contributed by atoms with Crippen LogP contribution in [0.5, 0.6) is 5.75 Å². The van der Waals surface area contributed by atoms with Gasteiger partial charge in [-0.05, 0) is 36.1 Å². The van der Waals surface area contributed by atoms with Crippen LogP contribution in [0.2, 0.25) is 0 Å². The molecular weight excluding hydrogens is 300 g/mol. The minimum atomic E-state index is -0.337. The molecule has 4 nitrogen and oxygen atoms in total. The Morgan fingerprint density at radius 2 is 1.92 bits per heavy atom. The van der Waals surface area contributed by atoms with Crippen molar-refractivity contribution in [2.75, 3.05) is 7.11 Å². The van der Waals surface area contributed by atoms with Crippen molar-refractivity contribution in [2.24, 2.45) is 5.73 Å². The standard InChI is InChI=1S/C20H22N2O2/c1-3-18-17(11-14-7-5-4-6-8-14)16-10-9-15(24-2)12-19(16)22(18)13-20(21)23/h4-10,12H,3,11,13H2,1-2H3,(H2,21,23). The van der Waals surface area contributed by atoms with E-state index in [0.29, 0.717) is 0 Å². The van der Waals surface area contributed by atoms with Gasteiger partial charge in [0.25, 0.3) is 0 Å². The van der Waals surface area contributed by atoms with Gasteiger partial charge >= 0.3 is 0 Å². The van der Waals surface area contributed by atoms with Crippen molar-refractivity contribution in [2.45, 2.75) is 26.3 Å². The van der Waals surface area contributed by atoms with E-state index in [9.17, 15) is 4.79 Å². The summed E-state index contributed by atoms with van der Waals surface area (Å²) in [6.07, 6.45) is 1.67. The maximum absolute atomic E-state index is 11.6. The minimum absolute atomic E-state index is 0.182. The SMILES string of the molecule is CCc1c(Cc2ccccc2)c2ccc(OC)cc2n1CC(N)=O. The molecule has 24 heavy (non-hydrogen) atoms. The fourth-order valence-electron chi connectivity index (χ4n) is 3.32. The van der Waals surface area contributed by atoms with Crippen LogP contribution in [0.15, 0.2) is 48.5 Å². The van der Waals surface area contributed by atoms with Crippen molar-refractivity contribution in [1.29, 1.82) is 0 Å². The first kappa shape index (κ1) is 16.1. The highest BCUT2D eigenvalue weighted by molar-refractivity contribution is 5.89. The van der Waals surface area contributed by atoms with E-state index in [4.69, 9.17) is 10.5 Å². The molecular formula is C20H22N2O2. The van der Waals surface area contributed by atoms with Crippen LogP contribution < -0.4 is 10.5 Å². The van der Waals surface area contributed by atoms with Crippen LogP contribution in [0.4, 0.5) is 0 Å². The molecule has 0 atom stereocenters. The van der Waals surface area contributed by atoms with Crippen molar-refractivity contribution in [3.8, 4) is 5.75 Å². The van der Waals surface area contributed by atoms with Gasteiger partial charge in [-0.25, -0.2) is 0 Å². The van der Waals surface area contributed by atoms with Crippen LogP contribution >= 0.6 is 0 Å². The van der Waals surface area contributed by atoms with E-state index in [1.807, 2.05) is 34.9 Å². The molecule has 1 amide bonds. The van der Waals surface area contributed by atoms with Gasteiger partial charge in [0.1, 0.15) is 12.3 Å². The van der Waals surface area contributed by atoms with E-state index in [0.717, 1.165) is 35.2 Å². The number of nitrogens with zero attached hydrogens (tertiary/aromatic N) is 1. The van der Waals surface area contributed by atoms with Gasteiger partial charge in [0, 0.05) is 17.1 Å². The number of carbonyl (C=O) groups is 1. The van der Waals surface area contributed by atoms with Gasteiger partial charge in [-0.1, -0.05) is 37.3 Å². The van der Waals surface area contributed by atoms with E-state index in [1.54, 1.807) is 7.11 Å². The van der Waals surface area contributed by atoms with Gasteiger partial charge in [-0.3, -0.25) is 4.79 Å². The summed E-state index contributed by atoms with van der Waals surface area (Å²) >= 11 is 0. The number of ether oxygens (including phenoxy) is 1. The smallest absolute Gasteiger partial charge is 0.237 e. The molecule has 0 aliphatic rings. The lowest BCUT2D eigenvalue weighted by molar-refractivity contribution is -0.118. The first-order valence-corrected chi connectivity index (χ1v) is 8.14. The molecule has 1 aromatic heterocycles. The zero-order valence-electron chi connectivity index (χ0n) is 14.1. The number of nitrogens with two attached hydrogens (primary N) is 1. The predicted octanol–water partition coefficient (Wildman–Crippen LogP) is 3.29. The number of fused-ring (bicyclic) bond motifs is 1. The first-order chi connectivity index (χ1) is 11.6. The molecule has 124 valence electrons. The number of primary amides is 1. The maximum atomic E-state index is 11.6. The van der Waals surface area contributed by atoms with Gasteiger partial charge in [-0.2, -0.15) is 0 Å². The Kier molecular flexibility index (Phi) is 4.56. The molecule has 0 bridgehead atoms. The lowest BCUT2D eigenvalue weighted by Gasteiger charge is -2.09. The summed E-state index contributed by atoms with van der Waals surface area (Å²) in [5, 5.41) is 1.15. The van der Waals surface area contributed by atoms with Crippen molar-refractivity contribution in [3.63, 3.8) is 0 Å². The molecule has 0 unspecified atom stereocenters. The summed E-state index contributed by atoms with van der Waals surface area (Å²) in [7, 11) is 1.65. The van der Waals surface area contributed by atoms with Gasteiger partial charge in [0.05, 0.1) is 12.6 Å². The topological polar surface area (TPSA) is 57.2 Å². The van der Waals surface area contributed by atoms with Crippen LogP contribution in [0, 0.1) is 0 Å². The van der Waals surface area contributed by atoms with Crippen LogP contribution in [-0.2, 0) is 24.2 Å². The molecule has 0 radical (unpaired) electrons. The zero-order valence-corrected chi connectivity index (χ0v) is 14.1. The number of amides is 1. The van der Waals surface area contributed by atoms with Crippen molar-refractivity contribution in [1.82, 2.24) is 4.57 Å². The van der Waals surface area contributed by atoms with Gasteiger partial charge < -0.3 is 15.0 Å². The Hall–Kier alpha value is -2.75. The number of carbonyl (C=O) groups excluding carboxylic acids is 1. The fourth-order valence-corrected chi connectivity index (χ4v) is 3.32. The number of methoxy groups -OCH3 is 1. The Bertz CT molecular complexity index is 866. The second-order valence-electron chi connectivity index (χ2n) is 5.88. The highest BCUT2D eigenvalue weighted by Gasteiger charge is 2.18. The van der Waals surface area contributed by atoms with E-state index >= 15 is 0 Å². The van der Waals surface area contributed by atoms with Crippen molar-refractivity contribution in [3.05, 3.63) is 65.4 Å². The third-order valence-corrected chi connectivity index (χ3v) is 4.37. The third kappa shape index (κ3) is 3.00. The molecule has 3 rings (SSSR count). The van der Waals surface area contributed by atoms with Crippen LogP contribution in [0.25, 0.3) is 10.9 Å². The Morgan fingerprint density at radius 3 is 2.54 bits per heavy atom. The average molecular weight is 322 g/mol. The Balaban J connectivity index is 2.21. The van der Waals surface area contributed by atoms with Crippen molar-refractivity contribution >= 4 is 16.8 Å². The van der Waals surface area contributed by atoms with Gasteiger partial charge in [-0.15, -0.1) is 0 Å². The van der Waals surface area contributed by atoms with Gasteiger partial charge in [0.15, 0.2) is 0 Å². The lowest BCUT2D eigenvalue weighted by atomic mass is 10.0. The summed E-state index contributed by atoms with van der Waals surface area (Å²) in [5.41, 5.74) is 10.1. The molecule has 2 aromatic carbocycles. The largest absolute Gasteiger partial charge is 0.497 e. The van der Waals surface area contributed by atoms with Crippen LogP contribution in [0.1, 0.15) is 23.7 Å². The van der Waals surface area contributed by atoms with E-state index in [1.165, 1.54) is 11.1 Å². The normalized spacial score (nSPS) is 10.9. The number of hydrogen-bond acceptors (Lipinski definition) is 2. The summed E-state index contributed by atoms with van der Waals surface area (Å²) in [5.74, 6) is 0.440. The van der Waals surface area contributed by atoms with Gasteiger partial charge in [0.2, 0.25) is 5.91 Å². The number of benzene rings is 2. The molecule has 1 heterocycles. The van der Waals surface area contributed by atoms with E-state index in [-0.39, 0.29) is 12.5 Å². The monoisotopic (exact) mass is 322 g/mol. The molecule has 0 saturated heterocycles. The summed E-state index contributed by atoms with van der Waals surface area (Å²) in [6.45, 7) is 2.29. The molecule has 4 heteroatoms. The van der Waals surface area contributed by atoms with E-state index < -0.39 is 0 Å². The third-order valence-electron chi connectivity index (χ3n) is 4.37. The number of hydrogen-bond donors (Lipinski definition) is 1. The first-order valence-electron chi connectivity index (χ1n) is 8.14. The fraction of sp³-hybridized carbons (Fsp3) is 0.250. The summed E-state index contributed by atoms with van der Waals surface area (Å²) in [6, 6.07) is 16.4. The average Bonchev–Trinajstić information content (AvgIpc) is 2.87. The van der Waals surface area contributed by atoms with Crippen molar-refractivity contribution < 1.29 is 9.53 Å². The quantitative estimate of drug-likeness (QED) is 0.757. The summed E-state index contributed by atoms with van der Waals surface area (Å²) in [4.78, 5) is 11.6. The number of aromatic nitrogens is 1. The summed E-state index contributed by atoms with van der Waals surface area (Å²) < 4.78 is 7.38. The second-order valence-corrected chi connectivity index (χ2v) is 5.88. The number of rotatable bonds is 6. The maximum Gasteiger partial charge on any atom is 0.237 e. The van der Waals surface area contributed by atoms with E-state index in [2.05, 4.69) is 25.1 Å². The Labute approximate surface area is 141 Å². The molecule has 3 aromatic rings. The molecule has 2 N–H and O–H groups in total. The van der Waals surface area contributed by atoms with Crippen LogP contribution in [0.3, 0.4) is 0 Å².